The summed E-state index contributed by atoms with van der Waals surface area (Å²) in [6.45, 7) is 2.05. The van der Waals surface area contributed by atoms with Gasteiger partial charge in [0, 0.05) is 23.5 Å². The standard InChI is InChI=1S/C10H13N5O2S2/c1-7-4-13-10(18-7)6-14-19(16,17)9-5-12-3-2-8(9)15-11/h2-5,14H,6,11H2,1H3,(H,12,15). The highest BCUT2D eigenvalue weighted by Gasteiger charge is 2.18. The maximum Gasteiger partial charge on any atom is 0.244 e. The summed E-state index contributed by atoms with van der Waals surface area (Å²) < 4.78 is 26.7. The van der Waals surface area contributed by atoms with Gasteiger partial charge >= 0.3 is 0 Å². The van der Waals surface area contributed by atoms with E-state index in [-0.39, 0.29) is 17.1 Å². The number of sulfonamides is 1. The summed E-state index contributed by atoms with van der Waals surface area (Å²) in [5.74, 6) is 5.28. The van der Waals surface area contributed by atoms with Crippen molar-refractivity contribution in [3.05, 3.63) is 34.5 Å². The molecular formula is C10H13N5O2S2. The van der Waals surface area contributed by atoms with Gasteiger partial charge in [0.1, 0.15) is 9.90 Å². The highest BCUT2D eigenvalue weighted by Crippen LogP contribution is 2.19. The predicted molar refractivity (Wildman–Crippen MR) is 72.9 cm³/mol. The molecule has 4 N–H and O–H groups in total. The Morgan fingerprint density at radius 3 is 2.84 bits per heavy atom. The first-order valence-corrected chi connectivity index (χ1v) is 7.64. The van der Waals surface area contributed by atoms with E-state index in [9.17, 15) is 8.42 Å². The Morgan fingerprint density at radius 1 is 1.42 bits per heavy atom. The molecule has 2 aromatic rings. The van der Waals surface area contributed by atoms with Crippen LogP contribution in [0.3, 0.4) is 0 Å². The second-order valence-corrected chi connectivity index (χ2v) is 6.76. The van der Waals surface area contributed by atoms with E-state index in [1.807, 2.05) is 6.92 Å². The molecule has 0 aromatic carbocycles. The number of aromatic nitrogens is 2. The molecule has 19 heavy (non-hydrogen) atoms. The highest BCUT2D eigenvalue weighted by atomic mass is 32.2. The summed E-state index contributed by atoms with van der Waals surface area (Å²) in [6, 6.07) is 1.49. The molecule has 0 aliphatic carbocycles. The summed E-state index contributed by atoms with van der Waals surface area (Å²) in [7, 11) is -3.68. The fourth-order valence-corrected chi connectivity index (χ4v) is 3.35. The van der Waals surface area contributed by atoms with Gasteiger partial charge in [0.15, 0.2) is 0 Å². The second kappa shape index (κ2) is 5.61. The number of rotatable bonds is 5. The Balaban J connectivity index is 2.18. The Morgan fingerprint density at radius 2 is 2.21 bits per heavy atom. The number of nitrogens with zero attached hydrogens (tertiary/aromatic N) is 2. The molecule has 0 fully saturated rings. The lowest BCUT2D eigenvalue weighted by molar-refractivity contribution is 0.581. The van der Waals surface area contributed by atoms with Gasteiger partial charge in [-0.15, -0.1) is 11.3 Å². The third-order valence-electron chi connectivity index (χ3n) is 2.31. The van der Waals surface area contributed by atoms with Crippen LogP contribution in [0, 0.1) is 6.92 Å². The van der Waals surface area contributed by atoms with E-state index >= 15 is 0 Å². The maximum absolute atomic E-state index is 12.1. The quantitative estimate of drug-likeness (QED) is 0.551. The Bertz CT molecular complexity index is 668. The zero-order valence-electron chi connectivity index (χ0n) is 10.1. The third-order valence-corrected chi connectivity index (χ3v) is 4.65. The molecule has 0 aliphatic rings. The smallest absolute Gasteiger partial charge is 0.244 e. The number of thiazole rings is 1. The average molecular weight is 299 g/mol. The molecule has 0 unspecified atom stereocenters. The summed E-state index contributed by atoms with van der Waals surface area (Å²) in [5.41, 5.74) is 2.62. The topological polar surface area (TPSA) is 110 Å². The molecule has 0 amide bonds. The molecule has 2 heterocycles. The van der Waals surface area contributed by atoms with Gasteiger partial charge in [-0.25, -0.2) is 18.1 Å². The Hall–Kier alpha value is -1.55. The first-order chi connectivity index (χ1) is 9.03. The van der Waals surface area contributed by atoms with E-state index in [1.165, 1.54) is 29.8 Å². The first kappa shape index (κ1) is 13.9. The van der Waals surface area contributed by atoms with Gasteiger partial charge in [-0.2, -0.15) is 0 Å². The van der Waals surface area contributed by atoms with Gasteiger partial charge in [-0.1, -0.05) is 0 Å². The molecular weight excluding hydrogens is 286 g/mol. The molecule has 102 valence electrons. The third kappa shape index (κ3) is 3.26. The lowest BCUT2D eigenvalue weighted by Gasteiger charge is -2.09. The van der Waals surface area contributed by atoms with E-state index in [4.69, 9.17) is 5.84 Å². The lowest BCUT2D eigenvalue weighted by Crippen LogP contribution is -2.25. The van der Waals surface area contributed by atoms with E-state index in [2.05, 4.69) is 20.1 Å². The van der Waals surface area contributed by atoms with Gasteiger partial charge in [0.2, 0.25) is 10.0 Å². The molecule has 0 saturated heterocycles. The number of hydrazine groups is 1. The molecule has 0 saturated carbocycles. The van der Waals surface area contributed by atoms with E-state index in [1.54, 1.807) is 6.20 Å². The van der Waals surface area contributed by atoms with Gasteiger partial charge in [-0.05, 0) is 13.0 Å². The van der Waals surface area contributed by atoms with Crippen LogP contribution in [-0.2, 0) is 16.6 Å². The molecule has 9 heteroatoms. The molecule has 0 spiro atoms. The molecule has 2 rings (SSSR count). The van der Waals surface area contributed by atoms with Crippen molar-refractivity contribution in [2.75, 3.05) is 5.43 Å². The van der Waals surface area contributed by atoms with Crippen molar-refractivity contribution < 1.29 is 8.42 Å². The minimum Gasteiger partial charge on any atom is -0.323 e. The van der Waals surface area contributed by atoms with Crippen LogP contribution in [0.2, 0.25) is 0 Å². The average Bonchev–Trinajstić information content (AvgIpc) is 2.82. The number of pyridine rings is 1. The Labute approximate surface area is 114 Å². The van der Waals surface area contributed by atoms with Crippen molar-refractivity contribution in [1.29, 1.82) is 0 Å². The van der Waals surface area contributed by atoms with Crippen LogP contribution >= 0.6 is 11.3 Å². The van der Waals surface area contributed by atoms with Gasteiger partial charge in [0.05, 0.1) is 12.2 Å². The predicted octanol–water partition coefficient (Wildman–Crippen LogP) is 0.611. The minimum absolute atomic E-state index is 0.00535. The number of nitrogens with two attached hydrogens (primary N) is 1. The van der Waals surface area contributed by atoms with Crippen LogP contribution in [0.4, 0.5) is 5.69 Å². The largest absolute Gasteiger partial charge is 0.323 e. The Kier molecular flexibility index (Phi) is 4.10. The van der Waals surface area contributed by atoms with Crippen LogP contribution in [0.5, 0.6) is 0 Å². The summed E-state index contributed by atoms with van der Waals surface area (Å²) in [6.07, 6.45) is 4.40. The zero-order valence-corrected chi connectivity index (χ0v) is 11.8. The SMILES string of the molecule is Cc1cnc(CNS(=O)(=O)c2cnccc2NN)s1. The van der Waals surface area contributed by atoms with Gasteiger partial charge in [0.25, 0.3) is 0 Å². The normalized spacial score (nSPS) is 11.5. The molecule has 0 radical (unpaired) electrons. The molecule has 2 aromatic heterocycles. The van der Waals surface area contributed by atoms with Crippen molar-refractivity contribution in [1.82, 2.24) is 14.7 Å². The van der Waals surface area contributed by atoms with Crippen LogP contribution in [0.25, 0.3) is 0 Å². The van der Waals surface area contributed by atoms with Gasteiger partial charge < -0.3 is 5.43 Å². The number of hydrogen-bond donors (Lipinski definition) is 3. The van der Waals surface area contributed by atoms with Crippen molar-refractivity contribution in [2.45, 2.75) is 18.4 Å². The number of anilines is 1. The number of aryl methyl sites for hydroxylation is 1. The van der Waals surface area contributed by atoms with E-state index in [0.29, 0.717) is 5.01 Å². The molecule has 0 aliphatic heterocycles. The van der Waals surface area contributed by atoms with Gasteiger partial charge in [-0.3, -0.25) is 10.8 Å². The number of hydrogen-bond acceptors (Lipinski definition) is 7. The van der Waals surface area contributed by atoms with E-state index < -0.39 is 10.0 Å². The summed E-state index contributed by atoms with van der Waals surface area (Å²) >= 11 is 1.44. The second-order valence-electron chi connectivity index (χ2n) is 3.71. The lowest BCUT2D eigenvalue weighted by atomic mass is 10.4. The highest BCUT2D eigenvalue weighted by molar-refractivity contribution is 7.89. The molecule has 0 atom stereocenters. The maximum atomic E-state index is 12.1. The van der Waals surface area contributed by atoms with Crippen molar-refractivity contribution in [2.24, 2.45) is 5.84 Å². The minimum atomic E-state index is -3.68. The van der Waals surface area contributed by atoms with E-state index in [0.717, 1.165) is 4.88 Å². The van der Waals surface area contributed by atoms with Crippen molar-refractivity contribution in [3.8, 4) is 0 Å². The van der Waals surface area contributed by atoms with Crippen LogP contribution < -0.4 is 16.0 Å². The van der Waals surface area contributed by atoms with Crippen LogP contribution in [0.15, 0.2) is 29.6 Å². The summed E-state index contributed by atoms with van der Waals surface area (Å²) in [4.78, 5) is 8.91. The zero-order chi connectivity index (χ0) is 13.9. The molecule has 7 nitrogen and oxygen atoms in total. The monoisotopic (exact) mass is 299 g/mol. The van der Waals surface area contributed by atoms with Crippen LogP contribution in [0.1, 0.15) is 9.88 Å². The first-order valence-electron chi connectivity index (χ1n) is 5.34. The molecule has 0 bridgehead atoms. The van der Waals surface area contributed by atoms with Crippen molar-refractivity contribution >= 4 is 27.0 Å². The van der Waals surface area contributed by atoms with Crippen molar-refractivity contribution in [3.63, 3.8) is 0 Å². The number of nitrogens with one attached hydrogen (secondary N) is 2. The summed E-state index contributed by atoms with van der Waals surface area (Å²) in [5, 5.41) is 0.701. The fourth-order valence-electron chi connectivity index (χ4n) is 1.43. The number of nitrogen functional groups attached to an aromatic ring is 1. The fraction of sp³-hybridized carbons (Fsp3) is 0.200. The van der Waals surface area contributed by atoms with Crippen LogP contribution in [-0.4, -0.2) is 18.4 Å².